The lowest BCUT2D eigenvalue weighted by Gasteiger charge is -2.35. The molecular weight excluding hydrogens is 947 g/mol. The smallest absolute Gasteiger partial charge is 0.345 e. The standard InChI is InChI=1S/C51H47Cl2FN6O8S/c1-28-41-29(2)45(53)46(44(28)52)67-37(24-60-20-18-59(3)19-21-60)26-65-36-13-14-38(66-25-35-16-17-55-48(58-35)32-7-4-30(5-8-32)6-15-40(61)62)33(22-36)23-39(51(63)64)68-49-43-42(41)47(69-50(43)57-27-56-49)31-9-11-34(54)12-10-31/h4-5,7-14,16-17,22,27,37,39H,6,15,18-21,23-26H2,1-3H3,(H,61,62)(H,63,64)/t37-,39-/m1/s1. The van der Waals surface area contributed by atoms with Crippen LogP contribution in [-0.2, 0) is 29.0 Å². The van der Waals surface area contributed by atoms with Crippen LogP contribution >= 0.6 is 34.5 Å². The van der Waals surface area contributed by atoms with Crippen molar-refractivity contribution in [2.24, 2.45) is 0 Å². The molecule has 10 rings (SSSR count). The minimum absolute atomic E-state index is 0.00730. The first kappa shape index (κ1) is 47.6. The zero-order chi connectivity index (χ0) is 48.3. The van der Waals surface area contributed by atoms with Crippen molar-refractivity contribution in [3.05, 3.63) is 129 Å². The van der Waals surface area contributed by atoms with E-state index >= 15 is 0 Å². The molecular formula is C51H47Cl2FN6O8S. The maximum Gasteiger partial charge on any atom is 0.345 e. The highest BCUT2D eigenvalue weighted by atomic mass is 35.5. The SMILES string of the molecule is Cc1c(Cl)c2c(Cl)c(C)c1-c1c(-c3ccc(F)cc3)sc3ncnc(c13)O[C@@H](C(=O)O)Cc1cc(ccc1OCc1ccnc(-c3ccc(CCC(=O)O)cc3)n1)OC[C@@H](CN1CCN(C)CC1)O2. The number of fused-ring (bicyclic) bond motifs is 7. The van der Waals surface area contributed by atoms with E-state index in [1.165, 1.54) is 29.8 Å². The fourth-order valence-electron chi connectivity index (χ4n) is 8.55. The van der Waals surface area contributed by atoms with Crippen LogP contribution in [-0.4, -0.2) is 110 Å². The molecule has 3 aliphatic rings. The molecule has 3 aromatic heterocycles. The molecule has 14 nitrogen and oxygen atoms in total. The van der Waals surface area contributed by atoms with Crippen molar-refractivity contribution in [3.63, 3.8) is 0 Å². The number of aryl methyl sites for hydroxylation is 1. The van der Waals surface area contributed by atoms with Crippen LogP contribution in [0.5, 0.6) is 23.1 Å². The first-order chi connectivity index (χ1) is 33.3. The lowest BCUT2D eigenvalue weighted by molar-refractivity contribution is -0.145. The lowest BCUT2D eigenvalue weighted by Crippen LogP contribution is -2.49. The number of aromatic nitrogens is 4. The van der Waals surface area contributed by atoms with Crippen LogP contribution in [0.2, 0.25) is 10.0 Å². The topological polar surface area (TPSA) is 170 Å². The minimum Gasteiger partial charge on any atom is -0.490 e. The van der Waals surface area contributed by atoms with Gasteiger partial charge in [-0.3, -0.25) is 9.69 Å². The van der Waals surface area contributed by atoms with Gasteiger partial charge in [0.1, 0.15) is 47.8 Å². The van der Waals surface area contributed by atoms with Crippen molar-refractivity contribution in [1.82, 2.24) is 29.7 Å². The molecule has 7 aromatic rings. The Hall–Kier alpha value is -6.43. The molecule has 2 atom stereocenters. The van der Waals surface area contributed by atoms with E-state index in [9.17, 15) is 19.1 Å². The number of halogens is 3. The summed E-state index contributed by atoms with van der Waals surface area (Å²) in [5, 5.41) is 21.0. The summed E-state index contributed by atoms with van der Waals surface area (Å²) in [6.07, 6.45) is 1.16. The third-order valence-corrected chi connectivity index (χ3v) is 14.3. The average Bonchev–Trinajstić information content (AvgIpc) is 3.73. The Bertz CT molecular complexity index is 3010. The van der Waals surface area contributed by atoms with Crippen molar-refractivity contribution >= 4 is 56.7 Å². The monoisotopic (exact) mass is 992 g/mol. The number of hydrogen-bond acceptors (Lipinski definition) is 13. The van der Waals surface area contributed by atoms with Gasteiger partial charge in [0, 0.05) is 73.3 Å². The van der Waals surface area contributed by atoms with E-state index in [4.69, 9.17) is 52.2 Å². The number of nitrogens with zero attached hydrogens (tertiary/aromatic N) is 6. The molecule has 2 N–H and O–H groups in total. The summed E-state index contributed by atoms with van der Waals surface area (Å²) in [6, 6.07) is 20.4. The fourth-order valence-corrected chi connectivity index (χ4v) is 10.2. The van der Waals surface area contributed by atoms with Gasteiger partial charge in [-0.05, 0) is 91.5 Å². The van der Waals surface area contributed by atoms with Crippen LogP contribution in [0.1, 0.15) is 34.4 Å². The number of likely N-dealkylation sites (N-methyl/N-ethyl adjacent to an activating group) is 1. The highest BCUT2D eigenvalue weighted by Crippen LogP contribution is 2.53. The Balaban J connectivity index is 1.12. The number of piperazine rings is 1. The second kappa shape index (κ2) is 20.7. The van der Waals surface area contributed by atoms with E-state index in [1.54, 1.807) is 42.6 Å². The van der Waals surface area contributed by atoms with E-state index in [-0.39, 0.29) is 42.0 Å². The van der Waals surface area contributed by atoms with Gasteiger partial charge in [-0.2, -0.15) is 0 Å². The fraction of sp³-hybridized carbons (Fsp3) is 0.294. The van der Waals surface area contributed by atoms with Gasteiger partial charge in [-0.1, -0.05) is 59.6 Å². The molecule has 356 valence electrons. The largest absolute Gasteiger partial charge is 0.490 e. The van der Waals surface area contributed by atoms with Crippen LogP contribution < -0.4 is 18.9 Å². The zero-order valence-corrected chi connectivity index (χ0v) is 40.2. The number of thiophene rings is 1. The third kappa shape index (κ3) is 10.6. The molecule has 4 bridgehead atoms. The first-order valence-electron chi connectivity index (χ1n) is 22.3. The van der Waals surface area contributed by atoms with Gasteiger partial charge in [0.25, 0.3) is 0 Å². The highest BCUT2D eigenvalue weighted by Gasteiger charge is 2.32. The molecule has 0 aliphatic carbocycles. The molecule has 1 fully saturated rings. The average molecular weight is 994 g/mol. The molecule has 18 heteroatoms. The number of aliphatic carboxylic acids is 2. The maximum absolute atomic E-state index is 14.4. The van der Waals surface area contributed by atoms with Crippen molar-refractivity contribution < 1.29 is 43.1 Å². The summed E-state index contributed by atoms with van der Waals surface area (Å²) in [5.41, 5.74) is 5.85. The second-order valence-corrected chi connectivity index (χ2v) is 18.8. The van der Waals surface area contributed by atoms with Gasteiger partial charge in [0.15, 0.2) is 11.6 Å². The van der Waals surface area contributed by atoms with Gasteiger partial charge in [-0.15, -0.1) is 11.3 Å². The Kier molecular flexibility index (Phi) is 14.3. The van der Waals surface area contributed by atoms with Crippen LogP contribution in [0, 0.1) is 19.7 Å². The number of hydrogen-bond donors (Lipinski definition) is 2. The molecule has 0 amide bonds. The summed E-state index contributed by atoms with van der Waals surface area (Å²) < 4.78 is 40.6. The Labute approximate surface area is 411 Å². The minimum atomic E-state index is -1.49. The zero-order valence-electron chi connectivity index (χ0n) is 37.9. The van der Waals surface area contributed by atoms with Crippen molar-refractivity contribution in [3.8, 4) is 56.1 Å². The number of benzene rings is 4. The first-order valence-corrected chi connectivity index (χ1v) is 23.9. The van der Waals surface area contributed by atoms with E-state index in [0.717, 1.165) is 37.3 Å². The number of ether oxygens (including phenoxy) is 4. The molecule has 0 spiro atoms. The summed E-state index contributed by atoms with van der Waals surface area (Å²) in [7, 11) is 2.09. The van der Waals surface area contributed by atoms with Crippen molar-refractivity contribution in [2.75, 3.05) is 46.4 Å². The predicted molar refractivity (Wildman–Crippen MR) is 262 cm³/mol. The van der Waals surface area contributed by atoms with Crippen LogP contribution in [0.25, 0.3) is 43.2 Å². The molecule has 0 radical (unpaired) electrons. The van der Waals surface area contributed by atoms with Gasteiger partial charge in [0.2, 0.25) is 12.0 Å². The normalized spacial score (nSPS) is 16.6. The van der Waals surface area contributed by atoms with Gasteiger partial charge in [0.05, 0.1) is 21.1 Å². The Morgan fingerprint density at radius 3 is 2.32 bits per heavy atom. The molecule has 1 saturated heterocycles. The van der Waals surface area contributed by atoms with E-state index in [2.05, 4.69) is 31.8 Å². The van der Waals surface area contributed by atoms with Gasteiger partial charge < -0.3 is 34.1 Å². The Morgan fingerprint density at radius 1 is 0.884 bits per heavy atom. The highest BCUT2D eigenvalue weighted by molar-refractivity contribution is 7.22. The van der Waals surface area contributed by atoms with Gasteiger partial charge in [-0.25, -0.2) is 29.1 Å². The number of carbonyl (C=O) groups is 2. The summed E-state index contributed by atoms with van der Waals surface area (Å²) in [4.78, 5) is 48.5. The van der Waals surface area contributed by atoms with Crippen molar-refractivity contribution in [2.45, 2.75) is 51.9 Å². The third-order valence-electron chi connectivity index (χ3n) is 12.3. The van der Waals surface area contributed by atoms with E-state index in [1.807, 2.05) is 38.1 Å². The molecule has 3 aliphatic heterocycles. The predicted octanol–water partition coefficient (Wildman–Crippen LogP) is 9.60. The van der Waals surface area contributed by atoms with Crippen LogP contribution in [0.4, 0.5) is 4.39 Å². The summed E-state index contributed by atoms with van der Waals surface area (Å²) in [6.45, 7) is 7.74. The summed E-state index contributed by atoms with van der Waals surface area (Å²) >= 11 is 16.0. The van der Waals surface area contributed by atoms with E-state index in [0.29, 0.717) is 90.2 Å². The maximum atomic E-state index is 14.4. The Morgan fingerprint density at radius 2 is 1.61 bits per heavy atom. The molecule has 6 heterocycles. The van der Waals surface area contributed by atoms with Crippen LogP contribution in [0.15, 0.2) is 85.3 Å². The second-order valence-electron chi connectivity index (χ2n) is 17.1. The van der Waals surface area contributed by atoms with E-state index < -0.39 is 30.0 Å². The number of rotatable bonds is 11. The molecule has 0 unspecified atom stereocenters. The molecule has 69 heavy (non-hydrogen) atoms. The van der Waals surface area contributed by atoms with Crippen LogP contribution in [0.3, 0.4) is 0 Å². The summed E-state index contributed by atoms with van der Waals surface area (Å²) in [5.74, 6) is -0.965. The van der Waals surface area contributed by atoms with Gasteiger partial charge >= 0.3 is 11.9 Å². The quantitative estimate of drug-likeness (QED) is 0.126. The molecule has 4 aromatic carbocycles. The number of carboxylic acids is 2. The van der Waals surface area contributed by atoms with Crippen molar-refractivity contribution in [1.29, 1.82) is 0 Å². The molecule has 0 saturated carbocycles. The lowest BCUT2D eigenvalue weighted by atomic mass is 9.92. The number of carboxylic acid groups (broad SMARTS) is 2.